The summed E-state index contributed by atoms with van der Waals surface area (Å²) >= 11 is 5.94. The molecule has 1 N–H and O–H groups in total. The molecule has 0 aliphatic rings. The van der Waals surface area contributed by atoms with E-state index in [2.05, 4.69) is 10.3 Å². The summed E-state index contributed by atoms with van der Waals surface area (Å²) in [5.41, 5.74) is 3.05. The van der Waals surface area contributed by atoms with Gasteiger partial charge in [0.15, 0.2) is 5.15 Å². The maximum absolute atomic E-state index is 5.94. The number of anilines is 1. The zero-order chi connectivity index (χ0) is 9.14. The van der Waals surface area contributed by atoms with E-state index in [0.29, 0.717) is 5.15 Å². The maximum Gasteiger partial charge on any atom is 0.152 e. The lowest BCUT2D eigenvalue weighted by molar-refractivity contribution is 1.13. The van der Waals surface area contributed by atoms with Gasteiger partial charge in [0.1, 0.15) is 0 Å². The van der Waals surface area contributed by atoms with E-state index in [1.165, 1.54) is 0 Å². The Morgan fingerprint density at radius 1 is 1.50 bits per heavy atom. The van der Waals surface area contributed by atoms with Crippen molar-refractivity contribution in [2.75, 3.05) is 11.9 Å². The highest BCUT2D eigenvalue weighted by molar-refractivity contribution is 6.32. The molecule has 66 valence electrons. The first-order chi connectivity index (χ1) is 5.65. The van der Waals surface area contributed by atoms with Crippen LogP contribution in [0.2, 0.25) is 5.15 Å². The van der Waals surface area contributed by atoms with Crippen LogP contribution in [-0.2, 0) is 0 Å². The van der Waals surface area contributed by atoms with Crippen LogP contribution in [0.25, 0.3) is 0 Å². The quantitative estimate of drug-likeness (QED) is 0.715. The van der Waals surface area contributed by atoms with E-state index in [9.17, 15) is 0 Å². The first kappa shape index (κ1) is 9.33. The maximum atomic E-state index is 5.94. The summed E-state index contributed by atoms with van der Waals surface area (Å²) in [5.74, 6) is 0. The van der Waals surface area contributed by atoms with Crippen LogP contribution in [0.4, 0.5) is 5.69 Å². The van der Waals surface area contributed by atoms with Gasteiger partial charge < -0.3 is 5.32 Å². The van der Waals surface area contributed by atoms with Crippen molar-refractivity contribution in [2.24, 2.45) is 0 Å². The molecule has 0 unspecified atom stereocenters. The highest BCUT2D eigenvalue weighted by Gasteiger charge is 2.04. The first-order valence-corrected chi connectivity index (χ1v) is 4.40. The van der Waals surface area contributed by atoms with Crippen molar-refractivity contribution < 1.29 is 0 Å². The second-order valence-electron chi connectivity index (χ2n) is 2.78. The molecule has 0 bridgehead atoms. The molecule has 0 saturated heterocycles. The average Bonchev–Trinajstić information content (AvgIpc) is 1.96. The van der Waals surface area contributed by atoms with Crippen LogP contribution in [0.5, 0.6) is 0 Å². The molecule has 1 aromatic heterocycles. The molecule has 2 nitrogen and oxygen atoms in total. The monoisotopic (exact) mass is 184 g/mol. The fraction of sp³-hybridized carbons (Fsp3) is 0.444. The number of hydrogen-bond acceptors (Lipinski definition) is 2. The number of hydrogen-bond donors (Lipinski definition) is 1. The summed E-state index contributed by atoms with van der Waals surface area (Å²) < 4.78 is 0. The van der Waals surface area contributed by atoms with Crippen LogP contribution in [0, 0.1) is 13.8 Å². The summed E-state index contributed by atoms with van der Waals surface area (Å²) in [6.45, 7) is 6.87. The van der Waals surface area contributed by atoms with Gasteiger partial charge in [0, 0.05) is 12.2 Å². The number of nitrogens with zero attached hydrogens (tertiary/aromatic N) is 1. The minimum Gasteiger partial charge on any atom is -0.383 e. The Kier molecular flexibility index (Phi) is 2.93. The highest BCUT2D eigenvalue weighted by atomic mass is 35.5. The molecule has 0 aliphatic carbocycles. The summed E-state index contributed by atoms with van der Waals surface area (Å²) in [7, 11) is 0. The van der Waals surface area contributed by atoms with Gasteiger partial charge in [0.2, 0.25) is 0 Å². The predicted octanol–water partition coefficient (Wildman–Crippen LogP) is 2.78. The summed E-state index contributed by atoms with van der Waals surface area (Å²) in [5, 5.41) is 3.74. The molecule has 0 aliphatic heterocycles. The number of pyridine rings is 1. The number of halogens is 1. The van der Waals surface area contributed by atoms with Gasteiger partial charge in [0.25, 0.3) is 0 Å². The SMILES string of the molecule is CCNc1c(C)cc(C)nc1Cl. The van der Waals surface area contributed by atoms with Gasteiger partial charge in [-0.15, -0.1) is 0 Å². The van der Waals surface area contributed by atoms with Crippen LogP contribution >= 0.6 is 11.6 Å². The molecule has 0 atom stereocenters. The van der Waals surface area contributed by atoms with E-state index >= 15 is 0 Å². The van der Waals surface area contributed by atoms with Crippen LogP contribution in [0.1, 0.15) is 18.2 Å². The van der Waals surface area contributed by atoms with Gasteiger partial charge in [0.05, 0.1) is 5.69 Å². The van der Waals surface area contributed by atoms with Crippen LogP contribution in [0.3, 0.4) is 0 Å². The normalized spacial score (nSPS) is 10.0. The number of aryl methyl sites for hydroxylation is 2. The van der Waals surface area contributed by atoms with Crippen molar-refractivity contribution in [3.05, 3.63) is 22.5 Å². The van der Waals surface area contributed by atoms with E-state index in [1.807, 2.05) is 26.8 Å². The van der Waals surface area contributed by atoms with Gasteiger partial charge >= 0.3 is 0 Å². The molecule has 3 heteroatoms. The van der Waals surface area contributed by atoms with Crippen molar-refractivity contribution in [1.82, 2.24) is 4.98 Å². The van der Waals surface area contributed by atoms with Crippen molar-refractivity contribution in [3.63, 3.8) is 0 Å². The number of rotatable bonds is 2. The second kappa shape index (κ2) is 3.76. The van der Waals surface area contributed by atoms with Crippen molar-refractivity contribution in [3.8, 4) is 0 Å². The van der Waals surface area contributed by atoms with E-state index < -0.39 is 0 Å². The lowest BCUT2D eigenvalue weighted by atomic mass is 10.2. The van der Waals surface area contributed by atoms with Gasteiger partial charge in [-0.2, -0.15) is 0 Å². The zero-order valence-corrected chi connectivity index (χ0v) is 8.37. The van der Waals surface area contributed by atoms with Crippen molar-refractivity contribution in [1.29, 1.82) is 0 Å². The Morgan fingerprint density at radius 3 is 2.67 bits per heavy atom. The van der Waals surface area contributed by atoms with Gasteiger partial charge in [-0.05, 0) is 32.4 Å². The van der Waals surface area contributed by atoms with E-state index in [0.717, 1.165) is 23.5 Å². The van der Waals surface area contributed by atoms with Crippen molar-refractivity contribution >= 4 is 17.3 Å². The van der Waals surface area contributed by atoms with Gasteiger partial charge in [-0.25, -0.2) is 4.98 Å². The smallest absolute Gasteiger partial charge is 0.152 e. The third-order valence-electron chi connectivity index (χ3n) is 1.65. The standard InChI is InChI=1S/C9H13ClN2/c1-4-11-8-6(2)5-7(3)12-9(8)10/h5,11H,4H2,1-3H3. The van der Waals surface area contributed by atoms with E-state index in [-0.39, 0.29) is 0 Å². The Morgan fingerprint density at radius 2 is 2.17 bits per heavy atom. The lowest BCUT2D eigenvalue weighted by Crippen LogP contribution is -2.01. The van der Waals surface area contributed by atoms with Crippen LogP contribution in [-0.4, -0.2) is 11.5 Å². The van der Waals surface area contributed by atoms with Crippen molar-refractivity contribution in [2.45, 2.75) is 20.8 Å². The third kappa shape index (κ3) is 1.89. The summed E-state index contributed by atoms with van der Waals surface area (Å²) in [6, 6.07) is 2.02. The van der Waals surface area contributed by atoms with Gasteiger partial charge in [-0.3, -0.25) is 0 Å². The summed E-state index contributed by atoms with van der Waals surface area (Å²) in [6.07, 6.45) is 0. The molecule has 0 saturated carbocycles. The Hall–Kier alpha value is -0.760. The minimum absolute atomic E-state index is 0.564. The van der Waals surface area contributed by atoms with Crippen LogP contribution < -0.4 is 5.32 Å². The fourth-order valence-corrected chi connectivity index (χ4v) is 1.53. The molecule has 0 spiro atoms. The summed E-state index contributed by atoms with van der Waals surface area (Å²) in [4.78, 5) is 4.16. The minimum atomic E-state index is 0.564. The number of aromatic nitrogens is 1. The first-order valence-electron chi connectivity index (χ1n) is 4.02. The molecule has 0 aromatic carbocycles. The average molecular weight is 185 g/mol. The fourth-order valence-electron chi connectivity index (χ4n) is 1.18. The zero-order valence-electron chi connectivity index (χ0n) is 7.61. The Labute approximate surface area is 78.0 Å². The highest BCUT2D eigenvalue weighted by Crippen LogP contribution is 2.23. The van der Waals surface area contributed by atoms with E-state index in [4.69, 9.17) is 11.6 Å². The molecular formula is C9H13ClN2. The van der Waals surface area contributed by atoms with Gasteiger partial charge in [-0.1, -0.05) is 11.6 Å². The topological polar surface area (TPSA) is 24.9 Å². The Bertz CT molecular complexity index is 261. The van der Waals surface area contributed by atoms with Crippen LogP contribution in [0.15, 0.2) is 6.07 Å². The molecule has 1 rings (SSSR count). The number of nitrogens with one attached hydrogen (secondary N) is 1. The molecule has 12 heavy (non-hydrogen) atoms. The second-order valence-corrected chi connectivity index (χ2v) is 3.13. The lowest BCUT2D eigenvalue weighted by Gasteiger charge is -2.09. The Balaban J connectivity index is 3.10. The molecular weight excluding hydrogens is 172 g/mol. The third-order valence-corrected chi connectivity index (χ3v) is 1.93. The molecule has 1 aromatic rings. The molecule has 0 fully saturated rings. The molecule has 0 radical (unpaired) electrons. The molecule has 0 amide bonds. The largest absolute Gasteiger partial charge is 0.383 e. The van der Waals surface area contributed by atoms with E-state index in [1.54, 1.807) is 0 Å². The molecule has 1 heterocycles. The predicted molar refractivity (Wildman–Crippen MR) is 52.9 cm³/mol.